The van der Waals surface area contributed by atoms with E-state index < -0.39 is 0 Å². The molecule has 0 saturated carbocycles. The zero-order chi connectivity index (χ0) is 8.69. The topological polar surface area (TPSA) is 17.1 Å². The fourth-order valence-electron chi connectivity index (χ4n) is 0.787. The van der Waals surface area contributed by atoms with Gasteiger partial charge in [-0.15, -0.1) is 0 Å². The molecule has 0 heterocycles. The van der Waals surface area contributed by atoms with Crippen LogP contribution < -0.4 is 0 Å². The van der Waals surface area contributed by atoms with Gasteiger partial charge in [-0.05, 0) is 25.9 Å². The second kappa shape index (κ2) is 7.04. The lowest BCUT2D eigenvalue weighted by atomic mass is 10.2. The zero-order valence-corrected chi connectivity index (χ0v) is 8.93. The van der Waals surface area contributed by atoms with Gasteiger partial charge >= 0.3 is 0 Å². The van der Waals surface area contributed by atoms with Crippen LogP contribution in [0.4, 0.5) is 0 Å². The van der Waals surface area contributed by atoms with E-state index in [0.29, 0.717) is 17.5 Å². The van der Waals surface area contributed by atoms with Crippen molar-refractivity contribution in [2.75, 3.05) is 12.5 Å². The average Bonchev–Trinajstić information content (AvgIpc) is 1.97. The van der Waals surface area contributed by atoms with E-state index in [9.17, 15) is 4.79 Å². The zero-order valence-electron chi connectivity index (χ0n) is 7.29. The minimum Gasteiger partial charge on any atom is -0.300 e. The predicted octanol–water partition coefficient (Wildman–Crippen LogP) is 2.61. The van der Waals surface area contributed by atoms with Crippen molar-refractivity contribution in [1.29, 1.82) is 0 Å². The first kappa shape index (κ1) is 11.4. The summed E-state index contributed by atoms with van der Waals surface area (Å²) in [5.74, 6) is 2.45. The maximum absolute atomic E-state index is 10.7. The van der Waals surface area contributed by atoms with Gasteiger partial charge in [0.25, 0.3) is 0 Å². The predicted molar refractivity (Wildman–Crippen MR) is 55.0 cm³/mol. The molecule has 11 heavy (non-hydrogen) atoms. The van der Waals surface area contributed by atoms with Gasteiger partial charge in [-0.3, -0.25) is 4.79 Å². The molecule has 0 spiro atoms. The molecule has 1 unspecified atom stereocenters. The highest BCUT2D eigenvalue weighted by Gasteiger charge is 2.08. The Morgan fingerprint density at radius 2 is 2.18 bits per heavy atom. The van der Waals surface area contributed by atoms with E-state index in [0.717, 1.165) is 6.42 Å². The summed E-state index contributed by atoms with van der Waals surface area (Å²) < 4.78 is 0. The van der Waals surface area contributed by atoms with Gasteiger partial charge < -0.3 is 0 Å². The molecule has 3 heteroatoms. The molecule has 0 fully saturated rings. The molecule has 0 aromatic heterocycles. The van der Waals surface area contributed by atoms with Gasteiger partial charge in [0.05, 0.1) is 0 Å². The van der Waals surface area contributed by atoms with Crippen molar-refractivity contribution in [2.45, 2.75) is 25.0 Å². The average molecular weight is 191 g/mol. The van der Waals surface area contributed by atoms with E-state index in [-0.39, 0.29) is 0 Å². The van der Waals surface area contributed by atoms with Gasteiger partial charge in [0.15, 0.2) is 0 Å². The van der Waals surface area contributed by atoms with Crippen LogP contribution in [0.15, 0.2) is 0 Å². The van der Waals surface area contributed by atoms with Gasteiger partial charge in [0, 0.05) is 17.4 Å². The minimum absolute atomic E-state index is 0.291. The maximum atomic E-state index is 10.7. The van der Waals surface area contributed by atoms with Crippen molar-refractivity contribution in [2.24, 2.45) is 0 Å². The van der Waals surface area contributed by atoms with Crippen LogP contribution in [0.2, 0.25) is 0 Å². The molecule has 0 aliphatic rings. The summed E-state index contributed by atoms with van der Waals surface area (Å²) in [6.45, 7) is 1.66. The standard InChI is InChI=1S/C8H15OS2/c1-7(9)6-8(11-3)4-5-10-2/h5,8H,4,6H2,1-3H3. The number of rotatable bonds is 6. The highest BCUT2D eigenvalue weighted by atomic mass is 32.2. The summed E-state index contributed by atoms with van der Waals surface area (Å²) in [5, 5.41) is 0.486. The van der Waals surface area contributed by atoms with Gasteiger partial charge in [0.2, 0.25) is 0 Å². The van der Waals surface area contributed by atoms with Gasteiger partial charge in [-0.25, -0.2) is 0 Å². The molecule has 0 rings (SSSR count). The number of thioether (sulfide) groups is 2. The van der Waals surface area contributed by atoms with Gasteiger partial charge in [0.1, 0.15) is 5.78 Å². The molecular weight excluding hydrogens is 176 g/mol. The molecule has 1 nitrogen and oxygen atoms in total. The van der Waals surface area contributed by atoms with E-state index in [1.54, 1.807) is 30.4 Å². The molecule has 0 aromatic rings. The summed E-state index contributed by atoms with van der Waals surface area (Å²) in [7, 11) is 0. The normalized spacial score (nSPS) is 13.0. The third kappa shape index (κ3) is 6.76. The number of carbonyl (C=O) groups is 1. The van der Waals surface area contributed by atoms with Crippen LogP contribution in [0.1, 0.15) is 19.8 Å². The molecule has 0 aliphatic heterocycles. The second-order valence-corrected chi connectivity index (χ2v) is 4.34. The smallest absolute Gasteiger partial charge is 0.130 e. The van der Waals surface area contributed by atoms with Crippen molar-refractivity contribution >= 4 is 29.3 Å². The van der Waals surface area contributed by atoms with Crippen molar-refractivity contribution in [3.8, 4) is 0 Å². The number of carbonyl (C=O) groups excluding carboxylic acids is 1. The largest absolute Gasteiger partial charge is 0.300 e. The summed E-state index contributed by atoms with van der Waals surface area (Å²) in [5.41, 5.74) is 0. The molecule has 0 aliphatic carbocycles. The van der Waals surface area contributed by atoms with Crippen LogP contribution in [0.5, 0.6) is 0 Å². The van der Waals surface area contributed by atoms with E-state index in [1.165, 1.54) is 0 Å². The third-order valence-corrected chi connectivity index (χ3v) is 2.93. The van der Waals surface area contributed by atoms with Crippen LogP contribution in [0.25, 0.3) is 0 Å². The molecular formula is C8H15OS2. The van der Waals surface area contributed by atoms with Crippen LogP contribution in [-0.2, 0) is 4.79 Å². The Kier molecular flexibility index (Phi) is 7.28. The fraction of sp³-hybridized carbons (Fsp3) is 0.750. The third-order valence-electron chi connectivity index (χ3n) is 1.37. The molecule has 0 saturated heterocycles. The summed E-state index contributed by atoms with van der Waals surface area (Å²) in [4.78, 5) is 10.7. The first-order chi connectivity index (χ1) is 5.20. The lowest BCUT2D eigenvalue weighted by molar-refractivity contribution is -0.116. The molecule has 0 aromatic carbocycles. The Morgan fingerprint density at radius 1 is 1.55 bits per heavy atom. The molecule has 1 radical (unpaired) electrons. The van der Waals surface area contributed by atoms with Crippen molar-refractivity contribution in [1.82, 2.24) is 0 Å². The van der Waals surface area contributed by atoms with E-state index >= 15 is 0 Å². The Morgan fingerprint density at radius 3 is 2.55 bits per heavy atom. The quantitative estimate of drug-likeness (QED) is 0.642. The molecule has 0 bridgehead atoms. The van der Waals surface area contributed by atoms with Gasteiger partial charge in [-0.2, -0.15) is 23.5 Å². The highest BCUT2D eigenvalue weighted by molar-refractivity contribution is 8.01. The Balaban J connectivity index is 3.49. The number of hydrogen-bond donors (Lipinski definition) is 0. The molecule has 0 N–H and O–H groups in total. The monoisotopic (exact) mass is 191 g/mol. The molecule has 65 valence electrons. The van der Waals surface area contributed by atoms with Crippen LogP contribution >= 0.6 is 23.5 Å². The van der Waals surface area contributed by atoms with Crippen LogP contribution in [0.3, 0.4) is 0 Å². The Hall–Kier alpha value is 0.370. The Labute approximate surface area is 77.7 Å². The van der Waals surface area contributed by atoms with E-state index in [1.807, 2.05) is 6.26 Å². The second-order valence-electron chi connectivity index (χ2n) is 2.40. The molecule has 1 atom stereocenters. The van der Waals surface area contributed by atoms with Gasteiger partial charge in [-0.1, -0.05) is 0 Å². The molecule has 0 amide bonds. The first-order valence-corrected chi connectivity index (χ1v) is 6.15. The van der Waals surface area contributed by atoms with Crippen molar-refractivity contribution < 1.29 is 4.79 Å². The SMILES string of the molecule is CS[CH]CC(CC(C)=O)SC. The number of Topliss-reactive ketones (excluding diaryl/α,β-unsaturated/α-hetero) is 1. The van der Waals surface area contributed by atoms with E-state index in [2.05, 4.69) is 12.0 Å². The Bertz CT molecular complexity index is 115. The number of hydrogen-bond acceptors (Lipinski definition) is 3. The van der Waals surface area contributed by atoms with E-state index in [4.69, 9.17) is 0 Å². The summed E-state index contributed by atoms with van der Waals surface area (Å²) in [6, 6.07) is 0. The van der Waals surface area contributed by atoms with Crippen LogP contribution in [-0.4, -0.2) is 23.5 Å². The lowest BCUT2D eigenvalue weighted by Crippen LogP contribution is -2.06. The van der Waals surface area contributed by atoms with Crippen molar-refractivity contribution in [3.05, 3.63) is 5.75 Å². The fourth-order valence-corrected chi connectivity index (χ4v) is 2.02. The van der Waals surface area contributed by atoms with Crippen molar-refractivity contribution in [3.63, 3.8) is 0 Å². The maximum Gasteiger partial charge on any atom is 0.130 e. The summed E-state index contributed by atoms with van der Waals surface area (Å²) >= 11 is 3.50. The van der Waals surface area contributed by atoms with Crippen LogP contribution in [0, 0.1) is 5.75 Å². The minimum atomic E-state index is 0.291. The lowest BCUT2D eigenvalue weighted by Gasteiger charge is -2.10. The first-order valence-electron chi connectivity index (χ1n) is 3.57. The highest BCUT2D eigenvalue weighted by Crippen LogP contribution is 2.19. The summed E-state index contributed by atoms with van der Waals surface area (Å²) in [6.07, 6.45) is 5.84. The number of ketones is 1.